The highest BCUT2D eigenvalue weighted by Gasteiger charge is 2.43. The molecule has 1 aromatic heterocycles. The highest BCUT2D eigenvalue weighted by Crippen LogP contribution is 2.33. The summed E-state index contributed by atoms with van der Waals surface area (Å²) in [5, 5.41) is 15.8. The van der Waals surface area contributed by atoms with Crippen LogP contribution < -0.4 is 5.32 Å². The molecule has 5 nitrogen and oxygen atoms in total. The summed E-state index contributed by atoms with van der Waals surface area (Å²) in [6, 6.07) is 3.71. The van der Waals surface area contributed by atoms with Crippen LogP contribution in [0.4, 0.5) is 0 Å². The molecule has 22 heavy (non-hydrogen) atoms. The Bertz CT molecular complexity index is 517. The number of aliphatic hydroxyl groups is 1. The van der Waals surface area contributed by atoms with E-state index in [2.05, 4.69) is 5.32 Å². The lowest BCUT2D eigenvalue weighted by Crippen LogP contribution is -2.51. The average Bonchev–Trinajstić information content (AvgIpc) is 2.97. The molecule has 0 radical (unpaired) electrons. The van der Waals surface area contributed by atoms with Crippen molar-refractivity contribution in [2.75, 3.05) is 26.7 Å². The molecule has 0 aromatic carbocycles. The van der Waals surface area contributed by atoms with Crippen LogP contribution in [0.15, 0.2) is 17.5 Å². The zero-order valence-electron chi connectivity index (χ0n) is 13.1. The first kappa shape index (κ1) is 15.9. The van der Waals surface area contributed by atoms with Gasteiger partial charge in [-0.3, -0.25) is 4.79 Å². The first-order valence-corrected chi connectivity index (χ1v) is 8.73. The summed E-state index contributed by atoms with van der Waals surface area (Å²) in [6.45, 7) is 3.77. The van der Waals surface area contributed by atoms with E-state index in [0.717, 1.165) is 17.8 Å². The Balaban J connectivity index is 1.72. The smallest absolute Gasteiger partial charge is 0.263 e. The highest BCUT2D eigenvalue weighted by atomic mass is 32.1. The number of thiophene rings is 1. The molecule has 2 fully saturated rings. The number of likely N-dealkylation sites (tertiary alicyclic amines) is 1. The Kier molecular flexibility index (Phi) is 4.54. The number of hydrogen-bond donors (Lipinski definition) is 2. The van der Waals surface area contributed by atoms with Gasteiger partial charge in [0.2, 0.25) is 0 Å². The quantitative estimate of drug-likeness (QED) is 0.862. The number of fused-ring (bicyclic) bond motifs is 1. The molecule has 122 valence electrons. The zero-order chi connectivity index (χ0) is 15.7. The molecule has 3 heterocycles. The van der Waals surface area contributed by atoms with Gasteiger partial charge in [0.15, 0.2) is 0 Å². The van der Waals surface area contributed by atoms with Gasteiger partial charge in [0.05, 0.1) is 29.2 Å². The molecule has 0 bridgehead atoms. The number of carbonyl (C=O) groups excluding carboxylic acids is 1. The molecule has 1 aromatic rings. The molecule has 2 N–H and O–H groups in total. The summed E-state index contributed by atoms with van der Waals surface area (Å²) >= 11 is 1.48. The minimum atomic E-state index is -0.816. The van der Waals surface area contributed by atoms with Crippen molar-refractivity contribution >= 4 is 17.2 Å². The fourth-order valence-electron chi connectivity index (χ4n) is 3.63. The Morgan fingerprint density at radius 3 is 3.09 bits per heavy atom. The van der Waals surface area contributed by atoms with Crippen LogP contribution in [-0.4, -0.2) is 60.4 Å². The van der Waals surface area contributed by atoms with Crippen LogP contribution in [0.1, 0.15) is 29.4 Å². The van der Waals surface area contributed by atoms with Crippen LogP contribution in [0.2, 0.25) is 0 Å². The van der Waals surface area contributed by atoms with Gasteiger partial charge in [0, 0.05) is 19.0 Å². The second kappa shape index (κ2) is 6.28. The summed E-state index contributed by atoms with van der Waals surface area (Å²) in [5.74, 6) is 0.286. The molecule has 2 saturated heterocycles. The van der Waals surface area contributed by atoms with E-state index in [0.29, 0.717) is 19.6 Å². The molecule has 0 unspecified atom stereocenters. The van der Waals surface area contributed by atoms with Crippen LogP contribution in [0.3, 0.4) is 0 Å². The third-order valence-electron chi connectivity index (χ3n) is 4.93. The summed E-state index contributed by atoms with van der Waals surface area (Å²) in [7, 11) is 1.85. The van der Waals surface area contributed by atoms with Crippen LogP contribution in [0.25, 0.3) is 0 Å². The maximum Gasteiger partial charge on any atom is 0.263 e. The van der Waals surface area contributed by atoms with E-state index in [1.807, 2.05) is 36.4 Å². The lowest BCUT2D eigenvalue weighted by molar-refractivity contribution is -0.0216. The number of piperidine rings is 1. The Hall–Kier alpha value is -0.950. The molecular weight excluding hydrogens is 300 g/mol. The van der Waals surface area contributed by atoms with Crippen molar-refractivity contribution in [3.05, 3.63) is 22.4 Å². The molecule has 0 spiro atoms. The van der Waals surface area contributed by atoms with Crippen LogP contribution in [0, 0.1) is 5.92 Å². The summed E-state index contributed by atoms with van der Waals surface area (Å²) < 4.78 is 6.01. The fraction of sp³-hybridized carbons (Fsp3) is 0.688. The number of carbonyl (C=O) groups is 1. The normalized spacial score (nSPS) is 35.8. The van der Waals surface area contributed by atoms with E-state index in [1.54, 1.807) is 0 Å². The van der Waals surface area contributed by atoms with Crippen molar-refractivity contribution in [1.82, 2.24) is 10.2 Å². The van der Waals surface area contributed by atoms with Gasteiger partial charge >= 0.3 is 0 Å². The first-order valence-electron chi connectivity index (χ1n) is 7.85. The number of ether oxygens (including phenoxy) is 1. The van der Waals surface area contributed by atoms with Crippen molar-refractivity contribution in [1.29, 1.82) is 0 Å². The second-order valence-electron chi connectivity index (χ2n) is 6.55. The molecular formula is C16H24N2O3S. The number of nitrogens with zero attached hydrogens (tertiary/aromatic N) is 1. The predicted molar refractivity (Wildman–Crippen MR) is 86.2 cm³/mol. The maximum absolute atomic E-state index is 12.5. The van der Waals surface area contributed by atoms with Gasteiger partial charge in [-0.1, -0.05) is 6.07 Å². The van der Waals surface area contributed by atoms with Crippen molar-refractivity contribution < 1.29 is 14.6 Å². The standard InChI is InChI=1S/C16H24N2O3S/c1-16(20)8-11-9-18(15(19)13-4-3-7-22-13)6-5-12(11)21-10-14(16)17-2/h3-4,7,11-12,14,17,20H,5-6,8-10H2,1-2H3/t11-,12+,14+,16+/m0/s1. The monoisotopic (exact) mass is 324 g/mol. The largest absolute Gasteiger partial charge is 0.388 e. The lowest BCUT2D eigenvalue weighted by atomic mass is 9.82. The van der Waals surface area contributed by atoms with Crippen molar-refractivity contribution in [2.45, 2.75) is 37.5 Å². The van der Waals surface area contributed by atoms with E-state index >= 15 is 0 Å². The number of rotatable bonds is 2. The van der Waals surface area contributed by atoms with E-state index in [1.165, 1.54) is 11.3 Å². The van der Waals surface area contributed by atoms with Crippen molar-refractivity contribution in [2.24, 2.45) is 5.92 Å². The number of likely N-dealkylation sites (N-methyl/N-ethyl adjacent to an activating group) is 1. The molecule has 2 aliphatic rings. The van der Waals surface area contributed by atoms with E-state index in [-0.39, 0.29) is 24.0 Å². The van der Waals surface area contributed by atoms with Gasteiger partial charge in [0.1, 0.15) is 0 Å². The third-order valence-corrected chi connectivity index (χ3v) is 5.79. The van der Waals surface area contributed by atoms with Gasteiger partial charge in [-0.25, -0.2) is 0 Å². The molecule has 0 saturated carbocycles. The van der Waals surface area contributed by atoms with Crippen LogP contribution in [0.5, 0.6) is 0 Å². The summed E-state index contributed by atoms with van der Waals surface area (Å²) in [5.41, 5.74) is -0.816. The Morgan fingerprint density at radius 1 is 1.59 bits per heavy atom. The number of hydrogen-bond acceptors (Lipinski definition) is 5. The molecule has 3 rings (SSSR count). The average molecular weight is 324 g/mol. The molecule has 4 atom stereocenters. The fourth-order valence-corrected chi connectivity index (χ4v) is 4.32. The Morgan fingerprint density at radius 2 is 2.41 bits per heavy atom. The van der Waals surface area contributed by atoms with Crippen molar-refractivity contribution in [3.8, 4) is 0 Å². The SMILES string of the molecule is CN[C@@H]1CO[C@@H]2CCN(C(=O)c3cccs3)C[C@@H]2C[C@@]1(C)O. The third kappa shape index (κ3) is 3.06. The van der Waals surface area contributed by atoms with E-state index in [4.69, 9.17) is 4.74 Å². The van der Waals surface area contributed by atoms with Crippen LogP contribution in [-0.2, 0) is 4.74 Å². The molecule has 0 aliphatic carbocycles. The highest BCUT2D eigenvalue weighted by molar-refractivity contribution is 7.12. The summed E-state index contributed by atoms with van der Waals surface area (Å²) in [4.78, 5) is 15.2. The van der Waals surface area contributed by atoms with Gasteiger partial charge in [-0.05, 0) is 38.3 Å². The minimum absolute atomic E-state index is 0.0699. The first-order chi connectivity index (χ1) is 10.5. The zero-order valence-corrected chi connectivity index (χ0v) is 13.9. The molecule has 1 amide bonds. The lowest BCUT2D eigenvalue weighted by Gasteiger charge is -2.39. The number of nitrogens with one attached hydrogen (secondary N) is 1. The van der Waals surface area contributed by atoms with Gasteiger partial charge in [0.25, 0.3) is 5.91 Å². The topological polar surface area (TPSA) is 61.8 Å². The number of amides is 1. The summed E-state index contributed by atoms with van der Waals surface area (Å²) in [6.07, 6.45) is 1.63. The van der Waals surface area contributed by atoms with E-state index < -0.39 is 5.60 Å². The molecule has 2 aliphatic heterocycles. The van der Waals surface area contributed by atoms with E-state index in [9.17, 15) is 9.90 Å². The van der Waals surface area contributed by atoms with Crippen molar-refractivity contribution in [3.63, 3.8) is 0 Å². The maximum atomic E-state index is 12.5. The predicted octanol–water partition coefficient (Wildman–Crippen LogP) is 1.34. The van der Waals surface area contributed by atoms with Crippen LogP contribution >= 0.6 is 11.3 Å². The second-order valence-corrected chi connectivity index (χ2v) is 7.50. The van der Waals surface area contributed by atoms with Gasteiger partial charge in [-0.15, -0.1) is 11.3 Å². The molecule has 6 heteroatoms. The van der Waals surface area contributed by atoms with Gasteiger partial charge in [-0.2, -0.15) is 0 Å². The minimum Gasteiger partial charge on any atom is -0.388 e. The Labute approximate surface area is 135 Å². The van der Waals surface area contributed by atoms with Gasteiger partial charge < -0.3 is 20.1 Å².